The van der Waals surface area contributed by atoms with E-state index in [-0.39, 0.29) is 0 Å². The summed E-state index contributed by atoms with van der Waals surface area (Å²) in [6.07, 6.45) is 8.03. The zero-order valence-electron chi connectivity index (χ0n) is 12.2. The van der Waals surface area contributed by atoms with E-state index in [1.165, 1.54) is 45.3 Å². The first-order valence-corrected chi connectivity index (χ1v) is 7.82. The van der Waals surface area contributed by atoms with Crippen molar-refractivity contribution < 1.29 is 4.74 Å². The summed E-state index contributed by atoms with van der Waals surface area (Å²) in [6.45, 7) is 5.99. The Bertz CT molecular complexity index is 332. The molecular formula is C17H27NO. The number of nitrogens with zero attached hydrogens (tertiary/aromatic N) is 1. The fourth-order valence-electron chi connectivity index (χ4n) is 2.79. The fourth-order valence-corrected chi connectivity index (χ4v) is 2.79. The minimum absolute atomic E-state index is 0.370. The molecule has 0 aliphatic carbocycles. The molecule has 0 saturated carbocycles. The van der Waals surface area contributed by atoms with Gasteiger partial charge in [0.1, 0.15) is 5.75 Å². The minimum atomic E-state index is 0.370. The largest absolute Gasteiger partial charge is 0.490 e. The van der Waals surface area contributed by atoms with Crippen LogP contribution < -0.4 is 4.74 Å². The summed E-state index contributed by atoms with van der Waals surface area (Å²) in [5.41, 5.74) is 0. The number of benzene rings is 1. The summed E-state index contributed by atoms with van der Waals surface area (Å²) in [5, 5.41) is 0. The molecule has 0 radical (unpaired) electrons. The Morgan fingerprint density at radius 3 is 2.47 bits per heavy atom. The second-order valence-electron chi connectivity index (χ2n) is 5.53. The van der Waals surface area contributed by atoms with E-state index in [1.54, 1.807) is 0 Å². The molecule has 19 heavy (non-hydrogen) atoms. The first-order valence-electron chi connectivity index (χ1n) is 7.82. The topological polar surface area (TPSA) is 12.5 Å². The monoisotopic (exact) mass is 261 g/mol. The predicted octanol–water partition coefficient (Wildman–Crippen LogP) is 4.11. The summed E-state index contributed by atoms with van der Waals surface area (Å²) < 4.78 is 6.12. The van der Waals surface area contributed by atoms with Crippen LogP contribution in [-0.4, -0.2) is 30.6 Å². The van der Waals surface area contributed by atoms with Crippen molar-refractivity contribution in [1.82, 2.24) is 4.90 Å². The van der Waals surface area contributed by atoms with Gasteiger partial charge in [0, 0.05) is 6.54 Å². The second-order valence-corrected chi connectivity index (χ2v) is 5.53. The van der Waals surface area contributed by atoms with Crippen molar-refractivity contribution in [2.24, 2.45) is 0 Å². The van der Waals surface area contributed by atoms with Crippen molar-refractivity contribution in [3.8, 4) is 5.75 Å². The molecule has 0 bridgehead atoms. The average Bonchev–Trinajstić information content (AvgIpc) is 2.47. The smallest absolute Gasteiger partial charge is 0.119 e. The Labute approximate surface area is 117 Å². The maximum atomic E-state index is 6.12. The molecule has 0 spiro atoms. The number of rotatable bonds is 7. The van der Waals surface area contributed by atoms with Gasteiger partial charge in [0.15, 0.2) is 0 Å². The minimum Gasteiger partial charge on any atom is -0.490 e. The molecule has 0 aromatic heterocycles. The van der Waals surface area contributed by atoms with Crippen molar-refractivity contribution in [3.05, 3.63) is 30.3 Å². The van der Waals surface area contributed by atoms with Crippen LogP contribution in [0.4, 0.5) is 0 Å². The van der Waals surface area contributed by atoms with Crippen LogP contribution in [-0.2, 0) is 0 Å². The van der Waals surface area contributed by atoms with Crippen LogP contribution in [0.1, 0.15) is 45.4 Å². The summed E-state index contributed by atoms with van der Waals surface area (Å²) in [6, 6.07) is 10.2. The van der Waals surface area contributed by atoms with Crippen LogP contribution in [0, 0.1) is 0 Å². The number of likely N-dealkylation sites (tertiary alicyclic amines) is 1. The Morgan fingerprint density at radius 2 is 1.79 bits per heavy atom. The van der Waals surface area contributed by atoms with E-state index in [0.29, 0.717) is 6.10 Å². The molecule has 1 fully saturated rings. The Morgan fingerprint density at radius 1 is 1.05 bits per heavy atom. The molecular weight excluding hydrogens is 234 g/mol. The van der Waals surface area contributed by atoms with E-state index in [9.17, 15) is 0 Å². The quantitative estimate of drug-likeness (QED) is 0.732. The van der Waals surface area contributed by atoms with Crippen LogP contribution in [0.3, 0.4) is 0 Å². The van der Waals surface area contributed by atoms with Gasteiger partial charge in [-0.15, -0.1) is 0 Å². The molecule has 1 heterocycles. The lowest BCUT2D eigenvalue weighted by Gasteiger charge is -2.28. The van der Waals surface area contributed by atoms with Gasteiger partial charge >= 0.3 is 0 Å². The zero-order valence-corrected chi connectivity index (χ0v) is 12.2. The lowest BCUT2D eigenvalue weighted by molar-refractivity contribution is 0.144. The van der Waals surface area contributed by atoms with Gasteiger partial charge in [-0.25, -0.2) is 0 Å². The van der Waals surface area contributed by atoms with Crippen molar-refractivity contribution >= 4 is 0 Å². The average molecular weight is 261 g/mol. The number of para-hydroxylation sites is 1. The molecule has 1 aromatic rings. The third-order valence-electron chi connectivity index (χ3n) is 3.87. The van der Waals surface area contributed by atoms with E-state index in [2.05, 4.69) is 24.0 Å². The highest BCUT2D eigenvalue weighted by molar-refractivity contribution is 5.21. The standard InChI is InChI=1S/C17H27NO/c1-2-9-16(19-17-10-5-3-6-11-17)12-15-18-13-7-4-8-14-18/h3,5-6,10-11,16H,2,4,7-9,12-15H2,1H3. The van der Waals surface area contributed by atoms with Gasteiger partial charge in [-0.05, 0) is 50.9 Å². The Hall–Kier alpha value is -1.02. The lowest BCUT2D eigenvalue weighted by atomic mass is 10.1. The van der Waals surface area contributed by atoms with E-state index in [4.69, 9.17) is 4.74 Å². The third kappa shape index (κ3) is 5.23. The van der Waals surface area contributed by atoms with Crippen molar-refractivity contribution in [3.63, 3.8) is 0 Å². The van der Waals surface area contributed by atoms with Gasteiger partial charge in [-0.3, -0.25) is 0 Å². The van der Waals surface area contributed by atoms with E-state index in [1.807, 2.05) is 18.2 Å². The first kappa shape index (κ1) is 14.4. The Balaban J connectivity index is 1.78. The van der Waals surface area contributed by atoms with Crippen molar-refractivity contribution in [2.75, 3.05) is 19.6 Å². The molecule has 1 aromatic carbocycles. The summed E-state index contributed by atoms with van der Waals surface area (Å²) >= 11 is 0. The van der Waals surface area contributed by atoms with E-state index >= 15 is 0 Å². The summed E-state index contributed by atoms with van der Waals surface area (Å²) in [5.74, 6) is 1.01. The number of ether oxygens (including phenoxy) is 1. The third-order valence-corrected chi connectivity index (χ3v) is 3.87. The maximum Gasteiger partial charge on any atom is 0.119 e. The van der Waals surface area contributed by atoms with Crippen molar-refractivity contribution in [1.29, 1.82) is 0 Å². The molecule has 2 rings (SSSR count). The highest BCUT2D eigenvalue weighted by Gasteiger charge is 2.14. The highest BCUT2D eigenvalue weighted by atomic mass is 16.5. The van der Waals surface area contributed by atoms with Gasteiger partial charge < -0.3 is 9.64 Å². The molecule has 1 atom stereocenters. The van der Waals surface area contributed by atoms with Crippen LogP contribution in [0.2, 0.25) is 0 Å². The molecule has 1 aliphatic heterocycles. The van der Waals surface area contributed by atoms with Gasteiger partial charge in [0.2, 0.25) is 0 Å². The zero-order chi connectivity index (χ0) is 13.3. The maximum absolute atomic E-state index is 6.12. The van der Waals surface area contributed by atoms with Crippen LogP contribution in [0.25, 0.3) is 0 Å². The van der Waals surface area contributed by atoms with Gasteiger partial charge in [0.05, 0.1) is 6.10 Å². The molecule has 1 saturated heterocycles. The number of hydrogen-bond acceptors (Lipinski definition) is 2. The highest BCUT2D eigenvalue weighted by Crippen LogP contribution is 2.17. The predicted molar refractivity (Wildman–Crippen MR) is 80.7 cm³/mol. The van der Waals surface area contributed by atoms with Gasteiger partial charge in [0.25, 0.3) is 0 Å². The normalized spacial score (nSPS) is 18.2. The number of piperidine rings is 1. The first-order chi connectivity index (χ1) is 9.38. The lowest BCUT2D eigenvalue weighted by Crippen LogP contribution is -2.33. The van der Waals surface area contributed by atoms with Crippen LogP contribution in [0.5, 0.6) is 5.75 Å². The second kappa shape index (κ2) is 8.21. The Kier molecular flexibility index (Phi) is 6.22. The van der Waals surface area contributed by atoms with Gasteiger partial charge in [-0.2, -0.15) is 0 Å². The molecule has 0 amide bonds. The molecule has 0 N–H and O–H groups in total. The summed E-state index contributed by atoms with van der Waals surface area (Å²) in [4.78, 5) is 2.60. The number of hydrogen-bond donors (Lipinski definition) is 0. The fraction of sp³-hybridized carbons (Fsp3) is 0.647. The molecule has 1 aliphatic rings. The van der Waals surface area contributed by atoms with E-state index < -0.39 is 0 Å². The van der Waals surface area contributed by atoms with Crippen LogP contribution in [0.15, 0.2) is 30.3 Å². The SMILES string of the molecule is CCCC(CCN1CCCCC1)Oc1ccccc1. The van der Waals surface area contributed by atoms with Crippen LogP contribution >= 0.6 is 0 Å². The molecule has 2 nitrogen and oxygen atoms in total. The van der Waals surface area contributed by atoms with E-state index in [0.717, 1.165) is 18.6 Å². The molecule has 2 heteroatoms. The van der Waals surface area contributed by atoms with Gasteiger partial charge in [-0.1, -0.05) is 38.0 Å². The molecule has 106 valence electrons. The summed E-state index contributed by atoms with van der Waals surface area (Å²) in [7, 11) is 0. The van der Waals surface area contributed by atoms with Crippen molar-refractivity contribution in [2.45, 2.75) is 51.6 Å². The molecule has 1 unspecified atom stereocenters.